The lowest BCUT2D eigenvalue weighted by atomic mass is 9.80. The first-order valence-corrected chi connectivity index (χ1v) is 4.80. The van der Waals surface area contributed by atoms with E-state index in [1.54, 1.807) is 5.57 Å². The minimum absolute atomic E-state index is 0.401. The highest BCUT2D eigenvalue weighted by molar-refractivity contribution is 5.35. The first-order chi connectivity index (χ1) is 5.45. The largest absolute Gasteiger partial charge is 0.0813 e. The SMILES string of the molecule is CC1=CCCC(C)(C)C(C)=C1C. The molecule has 0 atom stereocenters. The van der Waals surface area contributed by atoms with Gasteiger partial charge >= 0.3 is 0 Å². The lowest BCUT2D eigenvalue weighted by Gasteiger charge is -2.25. The Labute approximate surface area is 76.4 Å². The minimum Gasteiger partial charge on any atom is -0.0813 e. The molecule has 1 aliphatic carbocycles. The van der Waals surface area contributed by atoms with E-state index in [0.29, 0.717) is 5.41 Å². The lowest BCUT2D eigenvalue weighted by Crippen LogP contribution is -2.12. The summed E-state index contributed by atoms with van der Waals surface area (Å²) in [5.41, 5.74) is 4.93. The maximum Gasteiger partial charge on any atom is -0.0139 e. The second kappa shape index (κ2) is 3.08. The quantitative estimate of drug-likeness (QED) is 0.506. The zero-order valence-electron chi connectivity index (χ0n) is 8.99. The number of allylic oxidation sites excluding steroid dienone is 4. The molecule has 0 unspecified atom stereocenters. The Morgan fingerprint density at radius 2 is 1.75 bits per heavy atom. The molecule has 0 aromatic rings. The van der Waals surface area contributed by atoms with E-state index in [0.717, 1.165) is 0 Å². The van der Waals surface area contributed by atoms with Crippen molar-refractivity contribution in [3.63, 3.8) is 0 Å². The normalized spacial score (nSPS) is 23.6. The summed E-state index contributed by atoms with van der Waals surface area (Å²) in [6.07, 6.45) is 4.88. The van der Waals surface area contributed by atoms with Crippen LogP contribution >= 0.6 is 0 Å². The molecule has 0 saturated carbocycles. The molecule has 0 aromatic carbocycles. The third kappa shape index (κ3) is 1.63. The van der Waals surface area contributed by atoms with Gasteiger partial charge < -0.3 is 0 Å². The number of rotatable bonds is 0. The topological polar surface area (TPSA) is 0 Å². The molecule has 68 valence electrons. The van der Waals surface area contributed by atoms with Gasteiger partial charge in [-0.1, -0.05) is 31.1 Å². The fraction of sp³-hybridized carbons (Fsp3) is 0.667. The molecular formula is C12H20. The summed E-state index contributed by atoms with van der Waals surface area (Å²) in [4.78, 5) is 0. The average molecular weight is 164 g/mol. The Kier molecular flexibility index (Phi) is 2.46. The Bertz CT molecular complexity index is 239. The molecule has 1 rings (SSSR count). The van der Waals surface area contributed by atoms with Crippen LogP contribution in [0.1, 0.15) is 47.5 Å². The molecule has 0 N–H and O–H groups in total. The van der Waals surface area contributed by atoms with Crippen LogP contribution in [0.2, 0.25) is 0 Å². The molecule has 0 spiro atoms. The van der Waals surface area contributed by atoms with Crippen molar-refractivity contribution >= 4 is 0 Å². The predicted octanol–water partition coefficient (Wildman–Crippen LogP) is 4.09. The van der Waals surface area contributed by atoms with Gasteiger partial charge in [0.25, 0.3) is 0 Å². The Morgan fingerprint density at radius 3 is 2.33 bits per heavy atom. The van der Waals surface area contributed by atoms with Crippen LogP contribution in [0.5, 0.6) is 0 Å². The van der Waals surface area contributed by atoms with Gasteiger partial charge in [-0.2, -0.15) is 0 Å². The second-order valence-electron chi connectivity index (χ2n) is 4.56. The molecule has 0 nitrogen and oxygen atoms in total. The van der Waals surface area contributed by atoms with Crippen molar-refractivity contribution in [2.75, 3.05) is 0 Å². The van der Waals surface area contributed by atoms with Gasteiger partial charge in [0.2, 0.25) is 0 Å². The van der Waals surface area contributed by atoms with E-state index in [4.69, 9.17) is 0 Å². The summed E-state index contributed by atoms with van der Waals surface area (Å²) in [5, 5.41) is 0. The molecule has 0 bridgehead atoms. The predicted molar refractivity (Wildman–Crippen MR) is 55.1 cm³/mol. The summed E-state index contributed by atoms with van der Waals surface area (Å²) in [6.45, 7) is 11.4. The average Bonchev–Trinajstić information content (AvgIpc) is 2.06. The highest BCUT2D eigenvalue weighted by atomic mass is 14.3. The fourth-order valence-corrected chi connectivity index (χ4v) is 1.79. The van der Waals surface area contributed by atoms with Crippen LogP contribution < -0.4 is 0 Å². The Morgan fingerprint density at radius 1 is 1.17 bits per heavy atom. The van der Waals surface area contributed by atoms with Crippen molar-refractivity contribution in [2.24, 2.45) is 5.41 Å². The van der Waals surface area contributed by atoms with Crippen LogP contribution in [0.4, 0.5) is 0 Å². The molecule has 0 saturated heterocycles. The van der Waals surface area contributed by atoms with Crippen LogP contribution in [-0.4, -0.2) is 0 Å². The van der Waals surface area contributed by atoms with Crippen molar-refractivity contribution < 1.29 is 0 Å². The van der Waals surface area contributed by atoms with Crippen LogP contribution in [-0.2, 0) is 0 Å². The smallest absolute Gasteiger partial charge is 0.0139 e. The van der Waals surface area contributed by atoms with Crippen LogP contribution in [0.3, 0.4) is 0 Å². The molecule has 1 aliphatic rings. The third-order valence-electron chi connectivity index (χ3n) is 3.39. The van der Waals surface area contributed by atoms with Crippen LogP contribution in [0, 0.1) is 5.41 Å². The van der Waals surface area contributed by atoms with E-state index in [2.05, 4.69) is 40.7 Å². The van der Waals surface area contributed by atoms with Crippen molar-refractivity contribution in [3.8, 4) is 0 Å². The van der Waals surface area contributed by atoms with Crippen molar-refractivity contribution in [2.45, 2.75) is 47.5 Å². The van der Waals surface area contributed by atoms with Crippen LogP contribution in [0.25, 0.3) is 0 Å². The number of hydrogen-bond donors (Lipinski definition) is 0. The first kappa shape index (κ1) is 9.57. The summed E-state index contributed by atoms with van der Waals surface area (Å²) < 4.78 is 0. The van der Waals surface area contributed by atoms with Gasteiger partial charge in [0.05, 0.1) is 0 Å². The lowest BCUT2D eigenvalue weighted by molar-refractivity contribution is 0.412. The molecule has 0 aliphatic heterocycles. The van der Waals surface area contributed by atoms with E-state index in [1.165, 1.54) is 24.0 Å². The third-order valence-corrected chi connectivity index (χ3v) is 3.39. The van der Waals surface area contributed by atoms with E-state index >= 15 is 0 Å². The molecular weight excluding hydrogens is 144 g/mol. The summed E-state index contributed by atoms with van der Waals surface area (Å²) in [6, 6.07) is 0. The highest BCUT2D eigenvalue weighted by Crippen LogP contribution is 2.37. The van der Waals surface area contributed by atoms with E-state index < -0.39 is 0 Å². The van der Waals surface area contributed by atoms with Gasteiger partial charge in [0.1, 0.15) is 0 Å². The van der Waals surface area contributed by atoms with E-state index in [9.17, 15) is 0 Å². The monoisotopic (exact) mass is 164 g/mol. The van der Waals surface area contributed by atoms with Crippen LogP contribution in [0.15, 0.2) is 22.8 Å². The zero-order chi connectivity index (χ0) is 9.35. The number of hydrogen-bond acceptors (Lipinski definition) is 0. The zero-order valence-corrected chi connectivity index (χ0v) is 8.99. The summed E-state index contributed by atoms with van der Waals surface area (Å²) in [7, 11) is 0. The minimum atomic E-state index is 0.401. The summed E-state index contributed by atoms with van der Waals surface area (Å²) in [5.74, 6) is 0. The maximum absolute atomic E-state index is 2.37. The second-order valence-corrected chi connectivity index (χ2v) is 4.56. The van der Waals surface area contributed by atoms with E-state index in [1.807, 2.05) is 0 Å². The Balaban J connectivity index is 3.10. The van der Waals surface area contributed by atoms with Gasteiger partial charge in [0, 0.05) is 0 Å². The Hall–Kier alpha value is -0.520. The molecule has 0 heteroatoms. The van der Waals surface area contributed by atoms with Gasteiger partial charge in [-0.05, 0) is 44.6 Å². The van der Waals surface area contributed by atoms with Gasteiger partial charge in [-0.3, -0.25) is 0 Å². The van der Waals surface area contributed by atoms with E-state index in [-0.39, 0.29) is 0 Å². The fourth-order valence-electron chi connectivity index (χ4n) is 1.79. The van der Waals surface area contributed by atoms with Crippen molar-refractivity contribution in [3.05, 3.63) is 22.8 Å². The van der Waals surface area contributed by atoms with Crippen molar-refractivity contribution in [1.82, 2.24) is 0 Å². The summed E-state index contributed by atoms with van der Waals surface area (Å²) >= 11 is 0. The molecule has 0 radical (unpaired) electrons. The van der Waals surface area contributed by atoms with Gasteiger partial charge in [-0.15, -0.1) is 0 Å². The van der Waals surface area contributed by atoms with Crippen molar-refractivity contribution in [1.29, 1.82) is 0 Å². The van der Waals surface area contributed by atoms with Gasteiger partial charge in [0.15, 0.2) is 0 Å². The molecule has 0 fully saturated rings. The molecule has 12 heavy (non-hydrogen) atoms. The maximum atomic E-state index is 2.37. The first-order valence-electron chi connectivity index (χ1n) is 4.80. The molecule has 0 aromatic heterocycles. The molecule has 0 heterocycles. The van der Waals surface area contributed by atoms with Gasteiger partial charge in [-0.25, -0.2) is 0 Å². The standard InChI is InChI=1S/C12H20/c1-9-7-6-8-12(4,5)11(3)10(9)2/h7H,6,8H2,1-5H3. The highest BCUT2D eigenvalue weighted by Gasteiger charge is 2.23. The molecule has 0 amide bonds.